The van der Waals surface area contributed by atoms with Crippen molar-refractivity contribution in [2.24, 2.45) is 0 Å². The number of ether oxygens (including phenoxy) is 2. The molecule has 0 saturated carbocycles. The van der Waals surface area contributed by atoms with Crippen molar-refractivity contribution in [3.8, 4) is 5.75 Å². The molecule has 7 nitrogen and oxygen atoms in total. The van der Waals surface area contributed by atoms with Crippen LogP contribution in [0.5, 0.6) is 5.75 Å². The number of ketones is 1. The van der Waals surface area contributed by atoms with Crippen LogP contribution in [-0.2, 0) is 20.8 Å². The molecule has 2 aromatic rings. The molecule has 0 bridgehead atoms. The summed E-state index contributed by atoms with van der Waals surface area (Å²) in [5, 5.41) is 0. The van der Waals surface area contributed by atoms with Crippen molar-refractivity contribution in [2.45, 2.75) is 63.3 Å². The second-order valence-electron chi connectivity index (χ2n) is 10.3. The Bertz CT molecular complexity index is 1110. The van der Waals surface area contributed by atoms with Gasteiger partial charge in [0.1, 0.15) is 11.4 Å². The molecule has 2 unspecified atom stereocenters. The molecule has 3 heterocycles. The summed E-state index contributed by atoms with van der Waals surface area (Å²) in [4.78, 5) is 33.1. The first kappa shape index (κ1) is 25.6. The first-order valence-electron chi connectivity index (χ1n) is 13.5. The van der Waals surface area contributed by atoms with Crippen LogP contribution in [0.15, 0.2) is 54.6 Å². The van der Waals surface area contributed by atoms with Gasteiger partial charge in [-0.15, -0.1) is 0 Å². The molecule has 1 N–H and O–H groups in total. The van der Waals surface area contributed by atoms with E-state index in [2.05, 4.69) is 34.6 Å². The number of nitrogens with one attached hydrogen (secondary N) is 1. The van der Waals surface area contributed by atoms with Gasteiger partial charge in [-0.1, -0.05) is 36.4 Å². The lowest BCUT2D eigenvalue weighted by atomic mass is 9.84. The van der Waals surface area contributed by atoms with Gasteiger partial charge >= 0.3 is 0 Å². The average molecular weight is 505 g/mol. The van der Waals surface area contributed by atoms with Crippen LogP contribution in [0.3, 0.4) is 0 Å². The van der Waals surface area contributed by atoms with E-state index in [9.17, 15) is 9.59 Å². The van der Waals surface area contributed by atoms with E-state index in [1.807, 2.05) is 24.3 Å². The summed E-state index contributed by atoms with van der Waals surface area (Å²) in [7, 11) is 0. The third-order valence-corrected chi connectivity index (χ3v) is 7.52. The van der Waals surface area contributed by atoms with Gasteiger partial charge in [0.25, 0.3) is 5.91 Å². The molecule has 5 rings (SSSR count). The maximum Gasteiger partial charge on any atom is 0.267 e. The number of fused-ring (bicyclic) bond motifs is 1. The normalized spacial score (nSPS) is 24.4. The lowest BCUT2D eigenvalue weighted by molar-refractivity contribution is -0.198. The maximum absolute atomic E-state index is 13.2. The second-order valence-corrected chi connectivity index (χ2v) is 10.3. The Hall–Kier alpha value is -3.00. The standard InChI is InChI=1S/C30H36N2O5/c33-26-22-30(15-6-17-32(19-16-30)18-14-23-7-2-1-3-8-23)36-27-12-10-24(21-25(26)27)11-13-28(34)31-37-29-9-4-5-20-35-29/h1-3,7-8,10-13,21,29H,4-6,9,14-20,22H2,(H,31,34)/b13-11+. The molecule has 7 heteroatoms. The first-order chi connectivity index (χ1) is 18.1. The molecule has 0 aromatic heterocycles. The van der Waals surface area contributed by atoms with E-state index in [1.54, 1.807) is 6.08 Å². The Kier molecular flexibility index (Phi) is 8.34. The molecule has 0 radical (unpaired) electrons. The second kappa shape index (κ2) is 12.0. The van der Waals surface area contributed by atoms with E-state index in [4.69, 9.17) is 14.3 Å². The Balaban J connectivity index is 1.16. The number of amides is 1. The minimum Gasteiger partial charge on any atom is -0.486 e. The molecule has 1 spiro atoms. The fourth-order valence-corrected chi connectivity index (χ4v) is 5.41. The summed E-state index contributed by atoms with van der Waals surface area (Å²) in [6, 6.07) is 16.1. The highest BCUT2D eigenvalue weighted by molar-refractivity contribution is 6.01. The molecule has 2 atom stereocenters. The number of nitrogens with zero attached hydrogens (tertiary/aromatic N) is 1. The molecule has 37 heavy (non-hydrogen) atoms. The van der Waals surface area contributed by atoms with E-state index in [0.29, 0.717) is 24.3 Å². The van der Waals surface area contributed by atoms with E-state index >= 15 is 0 Å². The predicted octanol–water partition coefficient (Wildman–Crippen LogP) is 4.71. The van der Waals surface area contributed by atoms with E-state index < -0.39 is 11.9 Å². The highest BCUT2D eigenvalue weighted by atomic mass is 16.8. The lowest BCUT2D eigenvalue weighted by Gasteiger charge is -2.37. The molecule has 196 valence electrons. The van der Waals surface area contributed by atoms with Crippen molar-refractivity contribution < 1.29 is 23.9 Å². The third kappa shape index (κ3) is 6.86. The lowest BCUT2D eigenvalue weighted by Crippen LogP contribution is -2.43. The molecule has 2 fully saturated rings. The third-order valence-electron chi connectivity index (χ3n) is 7.52. The molecule has 0 aliphatic carbocycles. The maximum atomic E-state index is 13.2. The zero-order valence-corrected chi connectivity index (χ0v) is 21.3. The van der Waals surface area contributed by atoms with Gasteiger partial charge in [0.05, 0.1) is 12.0 Å². The number of Topliss-reactive ketones (excluding diaryl/α,β-unsaturated/α-hetero) is 1. The average Bonchev–Trinajstić information content (AvgIpc) is 3.12. The largest absolute Gasteiger partial charge is 0.486 e. The fourth-order valence-electron chi connectivity index (χ4n) is 5.41. The number of hydroxylamine groups is 1. The van der Waals surface area contributed by atoms with Crippen LogP contribution in [0, 0.1) is 0 Å². The minimum atomic E-state index is -0.429. The number of carbonyl (C=O) groups excluding carboxylic acids is 2. The quantitative estimate of drug-likeness (QED) is 0.435. The van der Waals surface area contributed by atoms with Gasteiger partial charge < -0.3 is 14.4 Å². The van der Waals surface area contributed by atoms with Crippen LogP contribution in [0.4, 0.5) is 0 Å². The number of likely N-dealkylation sites (tertiary alicyclic amines) is 1. The van der Waals surface area contributed by atoms with Gasteiger partial charge in [0, 0.05) is 38.6 Å². The fraction of sp³-hybridized carbons (Fsp3) is 0.467. The Morgan fingerprint density at radius 2 is 2.00 bits per heavy atom. The number of hydrogen-bond acceptors (Lipinski definition) is 6. The zero-order valence-electron chi connectivity index (χ0n) is 21.3. The van der Waals surface area contributed by atoms with Crippen LogP contribution >= 0.6 is 0 Å². The van der Waals surface area contributed by atoms with Crippen molar-refractivity contribution in [1.82, 2.24) is 10.4 Å². The predicted molar refractivity (Wildman–Crippen MR) is 141 cm³/mol. The highest BCUT2D eigenvalue weighted by Crippen LogP contribution is 2.39. The number of rotatable bonds is 7. The van der Waals surface area contributed by atoms with Gasteiger partial charge in [-0.3, -0.25) is 9.59 Å². The SMILES string of the molecule is O=C(/C=C/c1ccc2c(c1)C(=O)CC1(CCCN(CCc3ccccc3)CC1)O2)NOC1CCCCO1. The van der Waals surface area contributed by atoms with Crippen molar-refractivity contribution in [2.75, 3.05) is 26.2 Å². The van der Waals surface area contributed by atoms with Gasteiger partial charge in [0.2, 0.25) is 0 Å². The van der Waals surface area contributed by atoms with Crippen LogP contribution in [0.25, 0.3) is 6.08 Å². The number of hydrogen-bond donors (Lipinski definition) is 1. The van der Waals surface area contributed by atoms with E-state index in [0.717, 1.165) is 70.1 Å². The summed E-state index contributed by atoms with van der Waals surface area (Å²) in [5.41, 5.74) is 4.69. The molecular formula is C30H36N2O5. The Morgan fingerprint density at radius 3 is 2.84 bits per heavy atom. The van der Waals surface area contributed by atoms with E-state index in [-0.39, 0.29) is 11.7 Å². The monoisotopic (exact) mass is 504 g/mol. The Labute approximate surface area is 218 Å². The van der Waals surface area contributed by atoms with E-state index in [1.165, 1.54) is 11.6 Å². The molecule has 2 aromatic carbocycles. The van der Waals surface area contributed by atoms with Crippen molar-refractivity contribution in [3.63, 3.8) is 0 Å². The summed E-state index contributed by atoms with van der Waals surface area (Å²) in [6.45, 7) is 3.63. The summed E-state index contributed by atoms with van der Waals surface area (Å²) in [5.74, 6) is 0.383. The zero-order chi connectivity index (χ0) is 25.5. The molecule has 3 aliphatic heterocycles. The van der Waals surface area contributed by atoms with Gasteiger partial charge in [-0.05, 0) is 68.0 Å². The number of benzene rings is 2. The van der Waals surface area contributed by atoms with Crippen LogP contribution in [0.2, 0.25) is 0 Å². The molecule has 3 aliphatic rings. The topological polar surface area (TPSA) is 77.1 Å². The summed E-state index contributed by atoms with van der Waals surface area (Å²) < 4.78 is 12.0. The first-order valence-corrected chi connectivity index (χ1v) is 13.5. The highest BCUT2D eigenvalue weighted by Gasteiger charge is 2.41. The van der Waals surface area contributed by atoms with Gasteiger partial charge in [0.15, 0.2) is 12.1 Å². The van der Waals surface area contributed by atoms with Crippen LogP contribution in [0.1, 0.15) is 66.4 Å². The summed E-state index contributed by atoms with van der Waals surface area (Å²) in [6.07, 6.45) is 9.66. The van der Waals surface area contributed by atoms with Crippen molar-refractivity contribution in [1.29, 1.82) is 0 Å². The van der Waals surface area contributed by atoms with Crippen LogP contribution in [-0.4, -0.2) is 54.7 Å². The number of carbonyl (C=O) groups is 2. The van der Waals surface area contributed by atoms with Crippen molar-refractivity contribution in [3.05, 3.63) is 71.3 Å². The molecule has 1 amide bonds. The van der Waals surface area contributed by atoms with Gasteiger partial charge in [-0.25, -0.2) is 10.3 Å². The Morgan fingerprint density at radius 1 is 1.11 bits per heavy atom. The smallest absolute Gasteiger partial charge is 0.267 e. The minimum absolute atomic E-state index is 0.108. The molecule has 2 saturated heterocycles. The van der Waals surface area contributed by atoms with Crippen molar-refractivity contribution >= 4 is 17.8 Å². The summed E-state index contributed by atoms with van der Waals surface area (Å²) >= 11 is 0. The van der Waals surface area contributed by atoms with Gasteiger partial charge in [-0.2, -0.15) is 0 Å². The molecular weight excluding hydrogens is 468 g/mol. The van der Waals surface area contributed by atoms with Crippen LogP contribution < -0.4 is 10.2 Å².